The molecule has 2 aromatic rings. The number of benzene rings is 2. The van der Waals surface area contributed by atoms with Crippen LogP contribution in [0.3, 0.4) is 0 Å². The minimum Gasteiger partial charge on any atom is -0.398 e. The van der Waals surface area contributed by atoms with E-state index in [0.29, 0.717) is 22.2 Å². The molecule has 1 fully saturated rings. The summed E-state index contributed by atoms with van der Waals surface area (Å²) in [5, 5.41) is 0.444. The number of nitrogens with zero attached hydrogens (tertiary/aromatic N) is 1. The molecule has 2 N–H and O–H groups in total. The summed E-state index contributed by atoms with van der Waals surface area (Å²) in [4.78, 5) is 15.0. The Kier molecular flexibility index (Phi) is 3.53. The van der Waals surface area contributed by atoms with Crippen molar-refractivity contribution >= 4 is 23.2 Å². The van der Waals surface area contributed by atoms with Gasteiger partial charge in [0.2, 0.25) is 0 Å². The van der Waals surface area contributed by atoms with Gasteiger partial charge in [0.05, 0.1) is 10.7 Å². The highest BCUT2D eigenvalue weighted by Gasteiger charge is 2.40. The number of nitrogen functional groups attached to an aromatic ring is 1. The number of anilines is 1. The van der Waals surface area contributed by atoms with E-state index in [9.17, 15) is 4.79 Å². The first kappa shape index (κ1) is 14.6. The van der Waals surface area contributed by atoms with Gasteiger partial charge in [-0.25, -0.2) is 0 Å². The summed E-state index contributed by atoms with van der Waals surface area (Å²) >= 11 is 6.09. The number of amides is 1. The van der Waals surface area contributed by atoms with Gasteiger partial charge in [0.1, 0.15) is 0 Å². The van der Waals surface area contributed by atoms with Crippen molar-refractivity contribution in [3.8, 4) is 0 Å². The molecule has 1 aliphatic heterocycles. The molecule has 23 heavy (non-hydrogen) atoms. The quantitative estimate of drug-likeness (QED) is 0.809. The average molecular weight is 327 g/mol. The number of carbonyl (C=O) groups is 1. The third-order valence-electron chi connectivity index (χ3n) is 5.17. The smallest absolute Gasteiger partial charge is 0.254 e. The molecule has 118 valence electrons. The number of nitrogens with two attached hydrogens (primary N) is 1. The minimum atomic E-state index is 0.0643. The van der Waals surface area contributed by atoms with E-state index in [1.165, 1.54) is 11.1 Å². The van der Waals surface area contributed by atoms with E-state index in [2.05, 4.69) is 24.3 Å². The molecule has 2 aromatic carbocycles. The summed E-state index contributed by atoms with van der Waals surface area (Å²) in [6.45, 7) is 0.815. The number of fused-ring (bicyclic) bond motifs is 3. The number of hydrogen-bond acceptors (Lipinski definition) is 2. The van der Waals surface area contributed by atoms with Crippen molar-refractivity contribution in [2.24, 2.45) is 0 Å². The minimum absolute atomic E-state index is 0.0643. The van der Waals surface area contributed by atoms with E-state index in [1.807, 2.05) is 4.90 Å². The van der Waals surface area contributed by atoms with Gasteiger partial charge in [0.25, 0.3) is 5.91 Å². The molecule has 2 unspecified atom stereocenters. The number of likely N-dealkylation sites (tertiary alicyclic amines) is 1. The molecule has 1 saturated heterocycles. The van der Waals surface area contributed by atoms with E-state index in [-0.39, 0.29) is 11.9 Å². The van der Waals surface area contributed by atoms with Gasteiger partial charge >= 0.3 is 0 Å². The average Bonchev–Trinajstić information content (AvgIpc) is 2.95. The van der Waals surface area contributed by atoms with Crippen molar-refractivity contribution in [2.45, 2.75) is 31.2 Å². The highest BCUT2D eigenvalue weighted by Crippen LogP contribution is 2.42. The lowest BCUT2D eigenvalue weighted by molar-refractivity contribution is 0.0595. The third-order valence-corrected chi connectivity index (χ3v) is 5.50. The Labute approximate surface area is 141 Å². The lowest BCUT2D eigenvalue weighted by Crippen LogP contribution is -2.46. The molecule has 0 radical (unpaired) electrons. The normalized spacial score (nSPS) is 22.6. The first-order valence-electron chi connectivity index (χ1n) is 8.09. The Bertz CT molecular complexity index is 774. The fourth-order valence-corrected chi connectivity index (χ4v) is 4.24. The maximum Gasteiger partial charge on any atom is 0.254 e. The lowest BCUT2D eigenvalue weighted by atomic mass is 9.88. The Hall–Kier alpha value is -2.00. The van der Waals surface area contributed by atoms with E-state index in [4.69, 9.17) is 17.3 Å². The summed E-state index contributed by atoms with van der Waals surface area (Å²) in [5.74, 6) is 0.530. The van der Waals surface area contributed by atoms with Crippen LogP contribution in [0.2, 0.25) is 5.02 Å². The van der Waals surface area contributed by atoms with Crippen LogP contribution >= 0.6 is 11.6 Å². The second kappa shape index (κ2) is 5.57. The van der Waals surface area contributed by atoms with Gasteiger partial charge in [-0.1, -0.05) is 35.9 Å². The largest absolute Gasteiger partial charge is 0.398 e. The van der Waals surface area contributed by atoms with Crippen LogP contribution in [0.1, 0.15) is 40.2 Å². The number of hydrogen-bond donors (Lipinski definition) is 1. The molecule has 0 spiro atoms. The summed E-state index contributed by atoms with van der Waals surface area (Å²) in [7, 11) is 0. The summed E-state index contributed by atoms with van der Waals surface area (Å²) in [6, 6.07) is 14.0. The van der Waals surface area contributed by atoms with Gasteiger partial charge in [-0.2, -0.15) is 0 Å². The monoisotopic (exact) mass is 326 g/mol. The van der Waals surface area contributed by atoms with Crippen molar-refractivity contribution in [3.05, 3.63) is 64.2 Å². The van der Waals surface area contributed by atoms with Crippen molar-refractivity contribution in [1.29, 1.82) is 0 Å². The number of carbonyl (C=O) groups excluding carboxylic acids is 1. The molecule has 3 nitrogen and oxygen atoms in total. The van der Waals surface area contributed by atoms with Crippen LogP contribution in [-0.2, 0) is 6.42 Å². The van der Waals surface area contributed by atoms with Crippen molar-refractivity contribution in [3.63, 3.8) is 0 Å². The summed E-state index contributed by atoms with van der Waals surface area (Å²) < 4.78 is 0. The van der Waals surface area contributed by atoms with Crippen LogP contribution in [0, 0.1) is 0 Å². The second-order valence-corrected chi connectivity index (χ2v) is 6.86. The lowest BCUT2D eigenvalue weighted by Gasteiger charge is -2.38. The van der Waals surface area contributed by atoms with Gasteiger partial charge in [0, 0.05) is 24.1 Å². The van der Waals surface area contributed by atoms with Crippen LogP contribution in [-0.4, -0.2) is 23.4 Å². The topological polar surface area (TPSA) is 46.3 Å². The van der Waals surface area contributed by atoms with E-state index in [1.54, 1.807) is 18.2 Å². The molecule has 1 amide bonds. The maximum atomic E-state index is 13.0. The van der Waals surface area contributed by atoms with Crippen molar-refractivity contribution < 1.29 is 4.79 Å². The summed E-state index contributed by atoms with van der Waals surface area (Å²) in [5.41, 5.74) is 9.69. The highest BCUT2D eigenvalue weighted by molar-refractivity contribution is 6.33. The molecule has 2 aliphatic rings. The van der Waals surface area contributed by atoms with E-state index >= 15 is 0 Å². The van der Waals surface area contributed by atoms with Gasteiger partial charge in [-0.05, 0) is 48.6 Å². The molecule has 4 heteroatoms. The molecular weight excluding hydrogens is 308 g/mol. The molecule has 0 bridgehead atoms. The molecule has 0 aromatic heterocycles. The Morgan fingerprint density at radius 2 is 2.04 bits per heavy atom. The van der Waals surface area contributed by atoms with Gasteiger partial charge in [-0.15, -0.1) is 0 Å². The summed E-state index contributed by atoms with van der Waals surface area (Å²) in [6.07, 6.45) is 3.16. The Morgan fingerprint density at radius 3 is 2.87 bits per heavy atom. The van der Waals surface area contributed by atoms with E-state index in [0.717, 1.165) is 25.8 Å². The zero-order valence-electron chi connectivity index (χ0n) is 12.8. The van der Waals surface area contributed by atoms with Crippen LogP contribution in [0.25, 0.3) is 0 Å². The van der Waals surface area contributed by atoms with Gasteiger partial charge in [0.15, 0.2) is 0 Å². The maximum absolute atomic E-state index is 13.0. The molecule has 4 rings (SSSR count). The van der Waals surface area contributed by atoms with Gasteiger partial charge in [-0.3, -0.25) is 4.79 Å². The van der Waals surface area contributed by atoms with Crippen LogP contribution in [0.4, 0.5) is 5.69 Å². The Morgan fingerprint density at radius 1 is 1.22 bits per heavy atom. The molecule has 1 heterocycles. The molecule has 1 aliphatic carbocycles. The fourth-order valence-electron chi connectivity index (χ4n) is 4.06. The SMILES string of the molecule is Nc1ccc(C(=O)N2CCCC3c4ccccc4CC32)cc1Cl. The van der Waals surface area contributed by atoms with Crippen LogP contribution < -0.4 is 5.73 Å². The Balaban J connectivity index is 1.65. The number of halogens is 1. The predicted octanol–water partition coefficient (Wildman–Crippen LogP) is 3.87. The number of rotatable bonds is 1. The van der Waals surface area contributed by atoms with Crippen LogP contribution in [0.5, 0.6) is 0 Å². The predicted molar refractivity (Wildman–Crippen MR) is 92.8 cm³/mol. The molecule has 2 atom stereocenters. The first-order chi connectivity index (χ1) is 11.1. The fraction of sp³-hybridized carbons (Fsp3) is 0.316. The standard InChI is InChI=1S/C19H19ClN2O/c20-16-10-13(7-8-17(16)21)19(23)22-9-3-6-15-14-5-2-1-4-12(14)11-18(15)22/h1-2,4-5,7-8,10,15,18H,3,6,9,11,21H2. The molecular formula is C19H19ClN2O. The van der Waals surface area contributed by atoms with Crippen LogP contribution in [0.15, 0.2) is 42.5 Å². The van der Waals surface area contributed by atoms with Gasteiger partial charge < -0.3 is 10.6 Å². The van der Waals surface area contributed by atoms with Crippen molar-refractivity contribution in [1.82, 2.24) is 4.90 Å². The zero-order chi connectivity index (χ0) is 16.0. The van der Waals surface area contributed by atoms with E-state index < -0.39 is 0 Å². The number of piperidine rings is 1. The highest BCUT2D eigenvalue weighted by atomic mass is 35.5. The zero-order valence-corrected chi connectivity index (χ0v) is 13.6. The van der Waals surface area contributed by atoms with Crippen molar-refractivity contribution in [2.75, 3.05) is 12.3 Å². The second-order valence-electron chi connectivity index (χ2n) is 6.45. The molecule has 0 saturated carbocycles. The first-order valence-corrected chi connectivity index (χ1v) is 8.47. The third kappa shape index (κ3) is 2.40.